The molecule has 0 spiro atoms. The maximum Gasteiger partial charge on any atom is 0.222 e. The normalized spacial score (nSPS) is 23.5. The Morgan fingerprint density at radius 3 is 2.20 bits per heavy atom. The maximum absolute atomic E-state index is 9.25. The van der Waals surface area contributed by atoms with E-state index in [4.69, 9.17) is 0 Å². The molecule has 1 heterocycles. The lowest BCUT2D eigenvalue weighted by molar-refractivity contribution is 0.155. The zero-order valence-electron chi connectivity index (χ0n) is 5.98. The average Bonchev–Trinajstić information content (AvgIpc) is 2.35. The summed E-state index contributed by atoms with van der Waals surface area (Å²) in [6.07, 6.45) is 4.58. The zero-order chi connectivity index (χ0) is 7.61. The van der Waals surface area contributed by atoms with Crippen LogP contribution in [0.5, 0.6) is 0 Å². The molecule has 0 aromatic heterocycles. The highest BCUT2D eigenvalue weighted by Gasteiger charge is 2.33. The SMILES string of the molecule is CSC1(C(C)O)N=CC=N1. The fourth-order valence-corrected chi connectivity index (χ4v) is 1.48. The van der Waals surface area contributed by atoms with E-state index < -0.39 is 11.1 Å². The Kier molecular flexibility index (Phi) is 2.11. The smallest absolute Gasteiger partial charge is 0.222 e. The average molecular weight is 158 g/mol. The van der Waals surface area contributed by atoms with Crippen LogP contribution in [0.3, 0.4) is 0 Å². The Morgan fingerprint density at radius 2 is 2.00 bits per heavy atom. The van der Waals surface area contributed by atoms with Crippen molar-refractivity contribution >= 4 is 24.2 Å². The van der Waals surface area contributed by atoms with Crippen molar-refractivity contribution in [3.63, 3.8) is 0 Å². The standard InChI is InChI=1S/C6H10N2OS/c1-5(9)6(10-2)7-3-4-8-6/h3-5,9H,1-2H3. The van der Waals surface area contributed by atoms with E-state index in [0.717, 1.165) is 0 Å². The van der Waals surface area contributed by atoms with Gasteiger partial charge in [0.05, 0.1) is 0 Å². The van der Waals surface area contributed by atoms with Gasteiger partial charge in [-0.3, -0.25) is 0 Å². The van der Waals surface area contributed by atoms with E-state index >= 15 is 0 Å². The second-order valence-corrected chi connectivity index (χ2v) is 3.10. The van der Waals surface area contributed by atoms with Crippen molar-refractivity contribution in [2.24, 2.45) is 9.98 Å². The summed E-state index contributed by atoms with van der Waals surface area (Å²) in [5.74, 6) is 0. The Balaban J connectivity index is 2.79. The van der Waals surface area contributed by atoms with Gasteiger partial charge in [-0.05, 0) is 13.2 Å². The number of aliphatic hydroxyl groups is 1. The number of aliphatic hydroxyl groups excluding tert-OH is 1. The molecule has 1 N–H and O–H groups in total. The van der Waals surface area contributed by atoms with Gasteiger partial charge in [0.25, 0.3) is 0 Å². The van der Waals surface area contributed by atoms with Crippen molar-refractivity contribution in [1.29, 1.82) is 0 Å². The second-order valence-electron chi connectivity index (χ2n) is 2.10. The first-order valence-corrected chi connectivity index (χ1v) is 4.26. The van der Waals surface area contributed by atoms with Crippen molar-refractivity contribution in [2.45, 2.75) is 18.0 Å². The number of thioether (sulfide) groups is 1. The summed E-state index contributed by atoms with van der Waals surface area (Å²) in [5.41, 5.74) is 0. The number of hydrogen-bond donors (Lipinski definition) is 1. The zero-order valence-corrected chi connectivity index (χ0v) is 6.80. The van der Waals surface area contributed by atoms with Gasteiger partial charge in [0, 0.05) is 12.4 Å². The first-order valence-electron chi connectivity index (χ1n) is 3.03. The predicted octanol–water partition coefficient (Wildman–Crippen LogP) is 0.539. The minimum atomic E-state index is -0.653. The maximum atomic E-state index is 9.25. The Hall–Kier alpha value is -0.350. The second kappa shape index (κ2) is 2.72. The number of hydrogen-bond acceptors (Lipinski definition) is 4. The van der Waals surface area contributed by atoms with Crippen LogP contribution in [0.1, 0.15) is 6.92 Å². The summed E-state index contributed by atoms with van der Waals surface area (Å²) in [7, 11) is 0. The van der Waals surface area contributed by atoms with Gasteiger partial charge in [0.1, 0.15) is 6.10 Å². The highest BCUT2D eigenvalue weighted by molar-refractivity contribution is 8.00. The fourth-order valence-electron chi connectivity index (χ4n) is 0.805. The van der Waals surface area contributed by atoms with Crippen LogP contribution in [-0.2, 0) is 0 Å². The molecule has 0 amide bonds. The molecule has 10 heavy (non-hydrogen) atoms. The van der Waals surface area contributed by atoms with Crippen molar-refractivity contribution in [3.8, 4) is 0 Å². The van der Waals surface area contributed by atoms with Crippen LogP contribution < -0.4 is 0 Å². The number of aliphatic imine (C=N–C) groups is 2. The van der Waals surface area contributed by atoms with Crippen LogP contribution in [-0.4, -0.2) is 34.9 Å². The molecule has 4 heteroatoms. The third-order valence-electron chi connectivity index (χ3n) is 1.43. The molecule has 56 valence electrons. The lowest BCUT2D eigenvalue weighted by Gasteiger charge is -2.22. The monoisotopic (exact) mass is 158 g/mol. The third kappa shape index (κ3) is 1.09. The van der Waals surface area contributed by atoms with E-state index in [1.165, 1.54) is 11.8 Å². The van der Waals surface area contributed by atoms with Crippen LogP contribution in [0.25, 0.3) is 0 Å². The summed E-state index contributed by atoms with van der Waals surface area (Å²) >= 11 is 1.44. The molecule has 3 nitrogen and oxygen atoms in total. The molecule has 0 aliphatic carbocycles. The molecular weight excluding hydrogens is 148 g/mol. The van der Waals surface area contributed by atoms with Gasteiger partial charge < -0.3 is 5.11 Å². The van der Waals surface area contributed by atoms with Crippen LogP contribution in [0.15, 0.2) is 9.98 Å². The molecule has 1 rings (SSSR count). The lowest BCUT2D eigenvalue weighted by atomic mass is 10.3. The minimum Gasteiger partial charge on any atom is -0.388 e. The van der Waals surface area contributed by atoms with E-state index in [-0.39, 0.29) is 0 Å². The van der Waals surface area contributed by atoms with Gasteiger partial charge in [-0.1, -0.05) is 0 Å². The number of nitrogens with zero attached hydrogens (tertiary/aromatic N) is 2. The van der Waals surface area contributed by atoms with Crippen LogP contribution in [0.2, 0.25) is 0 Å². The number of rotatable bonds is 2. The van der Waals surface area contributed by atoms with E-state index in [9.17, 15) is 5.11 Å². The van der Waals surface area contributed by atoms with E-state index in [1.807, 2.05) is 6.26 Å². The van der Waals surface area contributed by atoms with Gasteiger partial charge >= 0.3 is 0 Å². The van der Waals surface area contributed by atoms with Crippen LogP contribution in [0.4, 0.5) is 0 Å². The van der Waals surface area contributed by atoms with E-state index in [2.05, 4.69) is 9.98 Å². The van der Waals surface area contributed by atoms with Gasteiger partial charge in [0.2, 0.25) is 4.99 Å². The van der Waals surface area contributed by atoms with Gasteiger partial charge in [-0.25, -0.2) is 9.98 Å². The highest BCUT2D eigenvalue weighted by atomic mass is 32.2. The summed E-state index contributed by atoms with van der Waals surface area (Å²) in [6, 6.07) is 0. The van der Waals surface area contributed by atoms with Crippen LogP contribution >= 0.6 is 11.8 Å². The van der Waals surface area contributed by atoms with Crippen molar-refractivity contribution in [1.82, 2.24) is 0 Å². The molecule has 0 saturated heterocycles. The first kappa shape index (κ1) is 7.75. The van der Waals surface area contributed by atoms with Gasteiger partial charge in [0.15, 0.2) is 0 Å². The summed E-state index contributed by atoms with van der Waals surface area (Å²) < 4.78 is 0. The summed E-state index contributed by atoms with van der Waals surface area (Å²) in [5, 5.41) is 9.25. The molecule has 0 fully saturated rings. The molecule has 1 aliphatic heterocycles. The quantitative estimate of drug-likeness (QED) is 0.637. The molecule has 1 unspecified atom stereocenters. The summed E-state index contributed by atoms with van der Waals surface area (Å²) in [4.78, 5) is 7.45. The third-order valence-corrected chi connectivity index (χ3v) is 2.58. The largest absolute Gasteiger partial charge is 0.388 e. The molecule has 0 saturated carbocycles. The van der Waals surface area contributed by atoms with E-state index in [0.29, 0.717) is 0 Å². The van der Waals surface area contributed by atoms with Crippen molar-refractivity contribution in [3.05, 3.63) is 0 Å². The Morgan fingerprint density at radius 1 is 1.50 bits per heavy atom. The minimum absolute atomic E-state index is 0.530. The topological polar surface area (TPSA) is 45.0 Å². The molecule has 1 atom stereocenters. The Labute approximate surface area is 64.3 Å². The van der Waals surface area contributed by atoms with Crippen LogP contribution in [0, 0.1) is 0 Å². The highest BCUT2D eigenvalue weighted by Crippen LogP contribution is 2.31. The molecular formula is C6H10N2OS. The first-order chi connectivity index (χ1) is 4.71. The molecule has 0 radical (unpaired) electrons. The predicted molar refractivity (Wildman–Crippen MR) is 44.9 cm³/mol. The molecule has 1 aliphatic rings. The Bertz CT molecular complexity index is 165. The van der Waals surface area contributed by atoms with Crippen molar-refractivity contribution < 1.29 is 5.11 Å². The summed E-state index contributed by atoms with van der Waals surface area (Å²) in [6.45, 7) is 1.69. The fraction of sp³-hybridized carbons (Fsp3) is 0.667. The van der Waals surface area contributed by atoms with Gasteiger partial charge in [-0.15, -0.1) is 11.8 Å². The molecule has 0 aromatic carbocycles. The van der Waals surface area contributed by atoms with Gasteiger partial charge in [-0.2, -0.15) is 0 Å². The molecule has 0 aromatic rings. The van der Waals surface area contributed by atoms with E-state index in [1.54, 1.807) is 19.4 Å². The lowest BCUT2D eigenvalue weighted by Crippen LogP contribution is -2.30. The molecule has 0 bridgehead atoms. The van der Waals surface area contributed by atoms with Crippen molar-refractivity contribution in [2.75, 3.05) is 6.26 Å².